The minimum atomic E-state index is -2.43. The van der Waals surface area contributed by atoms with E-state index in [2.05, 4.69) is 4.99 Å². The highest BCUT2D eigenvalue weighted by atomic mass is 16.5. The van der Waals surface area contributed by atoms with E-state index in [9.17, 15) is 4.79 Å². The quantitative estimate of drug-likeness (QED) is 0.406. The molecule has 0 fully saturated rings. The molecule has 1 heterocycles. The molecule has 0 unspecified atom stereocenters. The number of aliphatic imine (C=N–C) groups is 1. The normalized spacial score (nSPS) is 23.4. The van der Waals surface area contributed by atoms with Crippen LogP contribution in [-0.4, -0.2) is 39.8 Å². The Hall–Kier alpha value is -0.940. The van der Waals surface area contributed by atoms with E-state index in [1.165, 1.54) is 14.0 Å². The minimum Gasteiger partial charge on any atom is -0.341 e. The van der Waals surface area contributed by atoms with Crippen LogP contribution in [-0.2, 0) is 4.79 Å². The molecule has 0 aromatic rings. The van der Waals surface area contributed by atoms with E-state index in [-0.39, 0.29) is 0 Å². The first-order chi connectivity index (χ1) is 4.46. The van der Waals surface area contributed by atoms with Crippen LogP contribution in [0.1, 0.15) is 6.92 Å². The van der Waals surface area contributed by atoms with Crippen molar-refractivity contribution in [2.75, 3.05) is 7.05 Å². The zero-order chi connectivity index (χ0) is 7.94. The lowest BCUT2D eigenvalue weighted by Crippen LogP contribution is -2.48. The number of amidine groups is 1. The van der Waals surface area contributed by atoms with Crippen molar-refractivity contribution in [3.8, 4) is 0 Å². The van der Waals surface area contributed by atoms with Gasteiger partial charge in [-0.1, -0.05) is 0 Å². The van der Waals surface area contributed by atoms with E-state index < -0.39 is 11.8 Å². The van der Waals surface area contributed by atoms with Gasteiger partial charge in [0.25, 0.3) is 0 Å². The standard InChI is InChI=1S/C5H8N2O3/c1-3-6-4(8)5(9,10)7(3)2/h9-10H,1-2H3. The predicted molar refractivity (Wildman–Crippen MR) is 33.0 cm³/mol. The first-order valence-corrected chi connectivity index (χ1v) is 2.74. The summed E-state index contributed by atoms with van der Waals surface area (Å²) in [6.07, 6.45) is 0. The Kier molecular flexibility index (Phi) is 1.27. The number of hydrogen-bond acceptors (Lipinski definition) is 4. The molecule has 0 bridgehead atoms. The zero-order valence-electron chi connectivity index (χ0n) is 5.70. The van der Waals surface area contributed by atoms with Gasteiger partial charge >= 0.3 is 11.8 Å². The summed E-state index contributed by atoms with van der Waals surface area (Å²) in [7, 11) is 1.38. The fraction of sp³-hybridized carbons (Fsp3) is 0.600. The van der Waals surface area contributed by atoms with Crippen LogP contribution in [0.4, 0.5) is 0 Å². The molecular weight excluding hydrogens is 136 g/mol. The van der Waals surface area contributed by atoms with E-state index in [4.69, 9.17) is 10.2 Å². The molecule has 0 spiro atoms. The fourth-order valence-corrected chi connectivity index (χ4v) is 0.666. The van der Waals surface area contributed by atoms with Gasteiger partial charge in [-0.2, -0.15) is 4.99 Å². The topological polar surface area (TPSA) is 73.1 Å². The van der Waals surface area contributed by atoms with Crippen molar-refractivity contribution in [2.45, 2.75) is 12.8 Å². The Morgan fingerprint density at radius 3 is 2.20 bits per heavy atom. The second-order valence-corrected chi connectivity index (χ2v) is 2.16. The lowest BCUT2D eigenvalue weighted by atomic mass is 10.4. The third kappa shape index (κ3) is 0.714. The van der Waals surface area contributed by atoms with Gasteiger partial charge < -0.3 is 15.1 Å². The molecule has 1 aliphatic heterocycles. The monoisotopic (exact) mass is 144 g/mol. The largest absolute Gasteiger partial charge is 0.341 e. The maximum absolute atomic E-state index is 10.6. The maximum atomic E-state index is 10.6. The van der Waals surface area contributed by atoms with Crippen molar-refractivity contribution in [1.29, 1.82) is 0 Å². The third-order valence-electron chi connectivity index (χ3n) is 1.50. The van der Waals surface area contributed by atoms with Gasteiger partial charge in [0, 0.05) is 7.05 Å². The molecule has 0 aromatic carbocycles. The van der Waals surface area contributed by atoms with Crippen molar-refractivity contribution in [1.82, 2.24) is 4.90 Å². The molecule has 1 amide bonds. The van der Waals surface area contributed by atoms with E-state index in [1.54, 1.807) is 0 Å². The molecule has 0 aliphatic carbocycles. The summed E-state index contributed by atoms with van der Waals surface area (Å²) in [5, 5.41) is 17.8. The molecule has 1 aliphatic rings. The molecule has 0 aromatic heterocycles. The van der Waals surface area contributed by atoms with E-state index in [0.717, 1.165) is 4.90 Å². The molecule has 10 heavy (non-hydrogen) atoms. The zero-order valence-corrected chi connectivity index (χ0v) is 5.70. The Bertz CT molecular complexity index is 209. The number of rotatable bonds is 0. The van der Waals surface area contributed by atoms with Gasteiger partial charge in [-0.15, -0.1) is 0 Å². The number of amides is 1. The average molecular weight is 144 g/mol. The van der Waals surface area contributed by atoms with Crippen LogP contribution < -0.4 is 0 Å². The summed E-state index contributed by atoms with van der Waals surface area (Å²) in [5.74, 6) is -3.06. The first-order valence-electron chi connectivity index (χ1n) is 2.74. The molecule has 0 saturated carbocycles. The van der Waals surface area contributed by atoms with E-state index in [1.807, 2.05) is 0 Å². The van der Waals surface area contributed by atoms with Crippen LogP contribution in [0, 0.1) is 0 Å². The van der Waals surface area contributed by atoms with Crippen molar-refractivity contribution < 1.29 is 15.0 Å². The number of hydrogen-bond donors (Lipinski definition) is 2. The van der Waals surface area contributed by atoms with Gasteiger partial charge in [0.05, 0.1) is 0 Å². The Morgan fingerprint density at radius 2 is 2.10 bits per heavy atom. The summed E-state index contributed by atoms with van der Waals surface area (Å²) in [5.41, 5.74) is 0. The second kappa shape index (κ2) is 1.77. The van der Waals surface area contributed by atoms with Gasteiger partial charge in [-0.25, -0.2) is 0 Å². The molecule has 1 rings (SSSR count). The Morgan fingerprint density at radius 1 is 1.60 bits per heavy atom. The van der Waals surface area contributed by atoms with Crippen molar-refractivity contribution in [3.63, 3.8) is 0 Å². The summed E-state index contributed by atoms with van der Waals surface area (Å²) in [6, 6.07) is 0. The van der Waals surface area contributed by atoms with Crippen LogP contribution in [0.2, 0.25) is 0 Å². The summed E-state index contributed by atoms with van der Waals surface area (Å²) in [6.45, 7) is 1.52. The van der Waals surface area contributed by atoms with Crippen LogP contribution in [0.25, 0.3) is 0 Å². The van der Waals surface area contributed by atoms with Crippen LogP contribution in [0.3, 0.4) is 0 Å². The Balaban J connectivity index is 2.98. The maximum Gasteiger partial charge on any atom is 0.333 e. The summed E-state index contributed by atoms with van der Waals surface area (Å²) >= 11 is 0. The molecule has 0 saturated heterocycles. The van der Waals surface area contributed by atoms with Crippen molar-refractivity contribution >= 4 is 11.7 Å². The summed E-state index contributed by atoms with van der Waals surface area (Å²) in [4.78, 5) is 14.9. The Labute approximate surface area is 57.6 Å². The highest BCUT2D eigenvalue weighted by Crippen LogP contribution is 2.15. The first kappa shape index (κ1) is 7.17. The van der Waals surface area contributed by atoms with Gasteiger partial charge in [0.1, 0.15) is 5.84 Å². The highest BCUT2D eigenvalue weighted by molar-refractivity contribution is 6.03. The van der Waals surface area contributed by atoms with Gasteiger partial charge in [-0.05, 0) is 6.92 Å². The van der Waals surface area contributed by atoms with E-state index >= 15 is 0 Å². The number of aliphatic hydroxyl groups is 2. The molecule has 56 valence electrons. The molecule has 0 atom stereocenters. The highest BCUT2D eigenvalue weighted by Gasteiger charge is 2.44. The number of likely N-dealkylation sites (N-methyl/N-ethyl adjacent to an activating group) is 1. The van der Waals surface area contributed by atoms with Crippen LogP contribution in [0.15, 0.2) is 4.99 Å². The van der Waals surface area contributed by atoms with Crippen molar-refractivity contribution in [3.05, 3.63) is 0 Å². The van der Waals surface area contributed by atoms with Gasteiger partial charge in [-0.3, -0.25) is 4.79 Å². The van der Waals surface area contributed by atoms with Gasteiger partial charge in [0.2, 0.25) is 0 Å². The number of nitrogens with zero attached hydrogens (tertiary/aromatic N) is 2. The lowest BCUT2D eigenvalue weighted by Gasteiger charge is -2.22. The SMILES string of the molecule is CC1=NC(=O)C(O)(O)N1C. The molecule has 2 N–H and O–H groups in total. The van der Waals surface area contributed by atoms with Crippen LogP contribution >= 0.6 is 0 Å². The molecule has 0 radical (unpaired) electrons. The van der Waals surface area contributed by atoms with E-state index in [0.29, 0.717) is 5.84 Å². The summed E-state index contributed by atoms with van der Waals surface area (Å²) < 4.78 is 0. The number of carbonyl (C=O) groups is 1. The molecular formula is C5H8N2O3. The third-order valence-corrected chi connectivity index (χ3v) is 1.50. The molecule has 5 nitrogen and oxygen atoms in total. The van der Waals surface area contributed by atoms with Crippen LogP contribution in [0.5, 0.6) is 0 Å². The smallest absolute Gasteiger partial charge is 0.333 e. The fourth-order valence-electron chi connectivity index (χ4n) is 0.666. The second-order valence-electron chi connectivity index (χ2n) is 2.16. The van der Waals surface area contributed by atoms with Gasteiger partial charge in [0.15, 0.2) is 0 Å². The van der Waals surface area contributed by atoms with Crippen molar-refractivity contribution in [2.24, 2.45) is 4.99 Å². The minimum absolute atomic E-state index is 0.301. The molecule has 5 heteroatoms. The predicted octanol–water partition coefficient (Wildman–Crippen LogP) is -1.48. The average Bonchev–Trinajstić information content (AvgIpc) is 1.97. The number of carbonyl (C=O) groups excluding carboxylic acids is 1. The lowest BCUT2D eigenvalue weighted by molar-refractivity contribution is -0.217.